The van der Waals surface area contributed by atoms with Gasteiger partial charge in [0.2, 0.25) is 5.91 Å². The second-order valence-corrected chi connectivity index (χ2v) is 4.02. The van der Waals surface area contributed by atoms with E-state index in [1.807, 2.05) is 4.90 Å². The average molecular weight is 179 g/mol. The zero-order chi connectivity index (χ0) is 9.10. The van der Waals surface area contributed by atoms with E-state index in [-0.39, 0.29) is 0 Å². The van der Waals surface area contributed by atoms with Gasteiger partial charge in [-0.1, -0.05) is 11.6 Å². The van der Waals surface area contributed by atoms with Crippen LogP contribution in [0.4, 0.5) is 0 Å². The molecule has 2 aliphatic rings. The molecule has 1 heterocycles. The number of allylic oxidation sites excluding steroid dienone is 1. The molecule has 0 unspecified atom stereocenters. The van der Waals surface area contributed by atoms with Crippen LogP contribution in [-0.4, -0.2) is 23.9 Å². The first kappa shape index (κ1) is 8.79. The molecule has 2 heteroatoms. The van der Waals surface area contributed by atoms with Gasteiger partial charge >= 0.3 is 0 Å². The van der Waals surface area contributed by atoms with Crippen LogP contribution in [0.1, 0.15) is 38.5 Å². The van der Waals surface area contributed by atoms with Gasteiger partial charge in [-0.25, -0.2) is 0 Å². The molecular formula is C11H17NO. The van der Waals surface area contributed by atoms with Gasteiger partial charge in [-0.15, -0.1) is 0 Å². The quantitative estimate of drug-likeness (QED) is 0.594. The Labute approximate surface area is 79.6 Å². The van der Waals surface area contributed by atoms with E-state index in [0.29, 0.717) is 12.3 Å². The maximum absolute atomic E-state index is 11.7. The molecule has 0 aromatic carbocycles. The molecule has 0 saturated carbocycles. The summed E-state index contributed by atoms with van der Waals surface area (Å²) >= 11 is 0. The Balaban J connectivity index is 1.83. The van der Waals surface area contributed by atoms with Crippen molar-refractivity contribution >= 4 is 5.91 Å². The summed E-state index contributed by atoms with van der Waals surface area (Å²) in [5.41, 5.74) is 1.37. The molecule has 0 radical (unpaired) electrons. The molecule has 0 bridgehead atoms. The van der Waals surface area contributed by atoms with Gasteiger partial charge in [0.1, 0.15) is 0 Å². The number of likely N-dealkylation sites (tertiary alicyclic amines) is 1. The van der Waals surface area contributed by atoms with Crippen molar-refractivity contribution in [3.63, 3.8) is 0 Å². The molecule has 0 aromatic rings. The molecule has 72 valence electrons. The van der Waals surface area contributed by atoms with E-state index in [0.717, 1.165) is 19.5 Å². The third kappa shape index (κ3) is 2.11. The molecule has 1 aliphatic carbocycles. The third-order valence-electron chi connectivity index (χ3n) is 2.97. The van der Waals surface area contributed by atoms with E-state index in [9.17, 15) is 4.79 Å². The molecule has 0 N–H and O–H groups in total. The minimum absolute atomic E-state index is 0.352. The lowest BCUT2D eigenvalue weighted by atomic mass is 10.1. The number of carbonyl (C=O) groups is 1. The zero-order valence-electron chi connectivity index (χ0n) is 8.09. The fourth-order valence-corrected chi connectivity index (χ4v) is 2.17. The van der Waals surface area contributed by atoms with E-state index in [4.69, 9.17) is 0 Å². The average Bonchev–Trinajstić information content (AvgIpc) is 2.74. The Morgan fingerprint density at radius 2 is 2.08 bits per heavy atom. The van der Waals surface area contributed by atoms with Gasteiger partial charge in [0.05, 0.1) is 0 Å². The minimum Gasteiger partial charge on any atom is -0.342 e. The van der Waals surface area contributed by atoms with Crippen LogP contribution in [0.3, 0.4) is 0 Å². The Kier molecular flexibility index (Phi) is 2.67. The molecule has 0 aromatic heterocycles. The van der Waals surface area contributed by atoms with Gasteiger partial charge in [0, 0.05) is 19.5 Å². The lowest BCUT2D eigenvalue weighted by molar-refractivity contribution is -0.129. The summed E-state index contributed by atoms with van der Waals surface area (Å²) in [7, 11) is 0. The second kappa shape index (κ2) is 3.95. The lowest BCUT2D eigenvalue weighted by Gasteiger charge is -2.15. The Bertz CT molecular complexity index is 226. The standard InChI is InChI=1S/C11H17NO/c13-11(12-7-3-4-8-12)9-10-5-1-2-6-10/h5H,1-4,6-9H2. The van der Waals surface area contributed by atoms with Crippen molar-refractivity contribution < 1.29 is 4.79 Å². The molecule has 1 fully saturated rings. The topological polar surface area (TPSA) is 20.3 Å². The fourth-order valence-electron chi connectivity index (χ4n) is 2.17. The molecule has 1 amide bonds. The first-order valence-corrected chi connectivity index (χ1v) is 5.32. The fraction of sp³-hybridized carbons (Fsp3) is 0.727. The molecule has 1 saturated heterocycles. The number of rotatable bonds is 2. The molecule has 1 aliphatic heterocycles. The van der Waals surface area contributed by atoms with E-state index in [2.05, 4.69) is 6.08 Å². The van der Waals surface area contributed by atoms with Crippen LogP contribution in [0, 0.1) is 0 Å². The maximum atomic E-state index is 11.7. The van der Waals surface area contributed by atoms with Crippen LogP contribution in [0.2, 0.25) is 0 Å². The number of amides is 1. The van der Waals surface area contributed by atoms with Crippen LogP contribution >= 0.6 is 0 Å². The predicted octanol–water partition coefficient (Wildman–Crippen LogP) is 2.11. The predicted molar refractivity (Wildman–Crippen MR) is 52.4 cm³/mol. The van der Waals surface area contributed by atoms with Crippen molar-refractivity contribution in [2.75, 3.05) is 13.1 Å². The number of nitrogens with zero attached hydrogens (tertiary/aromatic N) is 1. The van der Waals surface area contributed by atoms with E-state index in [1.54, 1.807) is 0 Å². The number of hydrogen-bond donors (Lipinski definition) is 0. The smallest absolute Gasteiger partial charge is 0.226 e. The van der Waals surface area contributed by atoms with Crippen molar-refractivity contribution in [2.45, 2.75) is 38.5 Å². The molecule has 0 spiro atoms. The highest BCUT2D eigenvalue weighted by Gasteiger charge is 2.19. The first-order chi connectivity index (χ1) is 6.36. The van der Waals surface area contributed by atoms with Crippen LogP contribution in [0.5, 0.6) is 0 Å². The van der Waals surface area contributed by atoms with Gasteiger partial charge in [-0.05, 0) is 32.1 Å². The van der Waals surface area contributed by atoms with Gasteiger partial charge < -0.3 is 4.90 Å². The highest BCUT2D eigenvalue weighted by atomic mass is 16.2. The van der Waals surface area contributed by atoms with Crippen LogP contribution in [-0.2, 0) is 4.79 Å². The first-order valence-electron chi connectivity index (χ1n) is 5.32. The summed E-state index contributed by atoms with van der Waals surface area (Å²) in [5, 5.41) is 0. The van der Waals surface area contributed by atoms with Crippen molar-refractivity contribution in [3.05, 3.63) is 11.6 Å². The molecular weight excluding hydrogens is 162 g/mol. The van der Waals surface area contributed by atoms with Gasteiger partial charge in [0.25, 0.3) is 0 Å². The SMILES string of the molecule is O=C(CC1=CCCC1)N1CCCC1. The summed E-state index contributed by atoms with van der Waals surface area (Å²) in [6.07, 6.45) is 8.92. The summed E-state index contributed by atoms with van der Waals surface area (Å²) in [4.78, 5) is 13.7. The largest absolute Gasteiger partial charge is 0.342 e. The normalized spacial score (nSPS) is 22.2. The summed E-state index contributed by atoms with van der Waals surface area (Å²) in [6, 6.07) is 0. The molecule has 2 nitrogen and oxygen atoms in total. The van der Waals surface area contributed by atoms with Gasteiger partial charge in [0.15, 0.2) is 0 Å². The Morgan fingerprint density at radius 3 is 2.69 bits per heavy atom. The van der Waals surface area contributed by atoms with Gasteiger partial charge in [-0.2, -0.15) is 0 Å². The van der Waals surface area contributed by atoms with Crippen LogP contribution in [0.15, 0.2) is 11.6 Å². The van der Waals surface area contributed by atoms with Crippen molar-refractivity contribution in [1.29, 1.82) is 0 Å². The molecule has 13 heavy (non-hydrogen) atoms. The van der Waals surface area contributed by atoms with E-state index >= 15 is 0 Å². The minimum atomic E-state index is 0.352. The second-order valence-electron chi connectivity index (χ2n) is 4.02. The monoisotopic (exact) mass is 179 g/mol. The van der Waals surface area contributed by atoms with Crippen LogP contribution < -0.4 is 0 Å². The summed E-state index contributed by atoms with van der Waals surface area (Å²) < 4.78 is 0. The highest BCUT2D eigenvalue weighted by molar-refractivity contribution is 5.79. The van der Waals surface area contributed by atoms with E-state index < -0.39 is 0 Å². The number of carbonyl (C=O) groups excluding carboxylic acids is 1. The third-order valence-corrected chi connectivity index (χ3v) is 2.97. The van der Waals surface area contributed by atoms with Crippen molar-refractivity contribution in [2.24, 2.45) is 0 Å². The Morgan fingerprint density at radius 1 is 1.31 bits per heavy atom. The van der Waals surface area contributed by atoms with Crippen molar-refractivity contribution in [1.82, 2.24) is 4.90 Å². The number of hydrogen-bond acceptors (Lipinski definition) is 1. The van der Waals surface area contributed by atoms with Gasteiger partial charge in [-0.3, -0.25) is 4.79 Å². The maximum Gasteiger partial charge on any atom is 0.226 e. The summed E-state index contributed by atoms with van der Waals surface area (Å²) in [6.45, 7) is 1.98. The summed E-state index contributed by atoms with van der Waals surface area (Å²) in [5.74, 6) is 0.352. The molecule has 0 atom stereocenters. The van der Waals surface area contributed by atoms with Crippen molar-refractivity contribution in [3.8, 4) is 0 Å². The lowest BCUT2D eigenvalue weighted by Crippen LogP contribution is -2.27. The highest BCUT2D eigenvalue weighted by Crippen LogP contribution is 2.22. The molecule has 2 rings (SSSR count). The van der Waals surface area contributed by atoms with Crippen LogP contribution in [0.25, 0.3) is 0 Å². The van der Waals surface area contributed by atoms with E-state index in [1.165, 1.54) is 31.3 Å². The Hall–Kier alpha value is -0.790. The zero-order valence-corrected chi connectivity index (χ0v) is 8.09.